The Labute approximate surface area is 91.8 Å². The third-order valence-corrected chi connectivity index (χ3v) is 2.67. The lowest BCUT2D eigenvalue weighted by molar-refractivity contribution is 0.414. The van der Waals surface area contributed by atoms with Crippen LogP contribution in [0.3, 0.4) is 0 Å². The number of nitrogens with zero attached hydrogens (tertiary/aromatic N) is 1. The SMILES string of the molecule is COc1cc(C)c(C)cc1N(C)CCN. The molecule has 0 bridgehead atoms. The maximum absolute atomic E-state index is 5.54. The molecule has 3 heteroatoms. The number of likely N-dealkylation sites (N-methyl/N-ethyl adjacent to an activating group) is 1. The molecule has 0 saturated heterocycles. The zero-order chi connectivity index (χ0) is 11.4. The second kappa shape index (κ2) is 5.03. The van der Waals surface area contributed by atoms with Gasteiger partial charge in [-0.25, -0.2) is 0 Å². The van der Waals surface area contributed by atoms with Crippen molar-refractivity contribution in [3.05, 3.63) is 23.3 Å². The number of methoxy groups -OCH3 is 1. The lowest BCUT2D eigenvalue weighted by atomic mass is 10.1. The lowest BCUT2D eigenvalue weighted by Crippen LogP contribution is -2.25. The molecule has 0 aromatic heterocycles. The van der Waals surface area contributed by atoms with Crippen LogP contribution in [0.1, 0.15) is 11.1 Å². The summed E-state index contributed by atoms with van der Waals surface area (Å²) < 4.78 is 5.37. The molecule has 0 aliphatic carbocycles. The summed E-state index contributed by atoms with van der Waals surface area (Å²) >= 11 is 0. The Morgan fingerprint density at radius 1 is 1.27 bits per heavy atom. The zero-order valence-electron chi connectivity index (χ0n) is 10.0. The predicted molar refractivity (Wildman–Crippen MR) is 64.8 cm³/mol. The van der Waals surface area contributed by atoms with Gasteiger partial charge in [0.15, 0.2) is 0 Å². The highest BCUT2D eigenvalue weighted by Crippen LogP contribution is 2.30. The molecule has 1 aromatic carbocycles. The number of hydrogen-bond donors (Lipinski definition) is 1. The van der Waals surface area contributed by atoms with E-state index in [9.17, 15) is 0 Å². The number of hydrogen-bond acceptors (Lipinski definition) is 3. The summed E-state index contributed by atoms with van der Waals surface area (Å²) in [5.74, 6) is 0.911. The first-order valence-electron chi connectivity index (χ1n) is 5.16. The van der Waals surface area contributed by atoms with Crippen molar-refractivity contribution in [1.29, 1.82) is 0 Å². The molecule has 0 fully saturated rings. The van der Waals surface area contributed by atoms with Crippen LogP contribution in [0.2, 0.25) is 0 Å². The van der Waals surface area contributed by atoms with Crippen LogP contribution in [-0.4, -0.2) is 27.2 Å². The van der Waals surface area contributed by atoms with Crippen LogP contribution in [0.15, 0.2) is 12.1 Å². The Morgan fingerprint density at radius 2 is 1.87 bits per heavy atom. The summed E-state index contributed by atoms with van der Waals surface area (Å²) in [6.07, 6.45) is 0. The molecule has 0 atom stereocenters. The maximum atomic E-state index is 5.54. The summed E-state index contributed by atoms with van der Waals surface area (Å²) in [4.78, 5) is 2.12. The van der Waals surface area contributed by atoms with E-state index >= 15 is 0 Å². The van der Waals surface area contributed by atoms with Crippen molar-refractivity contribution < 1.29 is 4.74 Å². The normalized spacial score (nSPS) is 10.2. The van der Waals surface area contributed by atoms with E-state index in [2.05, 4.69) is 30.9 Å². The van der Waals surface area contributed by atoms with E-state index in [-0.39, 0.29) is 0 Å². The molecule has 0 aliphatic heterocycles. The third kappa shape index (κ3) is 2.63. The third-order valence-electron chi connectivity index (χ3n) is 2.67. The van der Waals surface area contributed by atoms with Crippen molar-refractivity contribution in [3.63, 3.8) is 0 Å². The Balaban J connectivity index is 3.09. The van der Waals surface area contributed by atoms with Gasteiger partial charge in [0.1, 0.15) is 5.75 Å². The van der Waals surface area contributed by atoms with Gasteiger partial charge in [0.05, 0.1) is 12.8 Å². The fraction of sp³-hybridized carbons (Fsp3) is 0.500. The van der Waals surface area contributed by atoms with Crippen LogP contribution in [0.4, 0.5) is 5.69 Å². The van der Waals surface area contributed by atoms with E-state index in [1.807, 2.05) is 7.05 Å². The summed E-state index contributed by atoms with van der Waals surface area (Å²) in [6, 6.07) is 4.21. The summed E-state index contributed by atoms with van der Waals surface area (Å²) in [7, 11) is 3.73. The van der Waals surface area contributed by atoms with E-state index in [1.165, 1.54) is 11.1 Å². The number of benzene rings is 1. The van der Waals surface area contributed by atoms with Crippen molar-refractivity contribution >= 4 is 5.69 Å². The largest absolute Gasteiger partial charge is 0.495 e. The molecule has 84 valence electrons. The summed E-state index contributed by atoms with van der Waals surface area (Å²) in [5, 5.41) is 0. The van der Waals surface area contributed by atoms with Crippen LogP contribution in [0, 0.1) is 13.8 Å². The van der Waals surface area contributed by atoms with Gasteiger partial charge in [-0.05, 0) is 37.1 Å². The molecule has 0 radical (unpaired) electrons. The molecule has 0 aliphatic rings. The fourth-order valence-electron chi connectivity index (χ4n) is 1.55. The van der Waals surface area contributed by atoms with E-state index in [0.717, 1.165) is 18.0 Å². The van der Waals surface area contributed by atoms with Gasteiger partial charge in [0.25, 0.3) is 0 Å². The van der Waals surface area contributed by atoms with E-state index in [4.69, 9.17) is 10.5 Å². The van der Waals surface area contributed by atoms with Crippen molar-refractivity contribution in [2.45, 2.75) is 13.8 Å². The van der Waals surface area contributed by atoms with Gasteiger partial charge in [0, 0.05) is 20.1 Å². The van der Waals surface area contributed by atoms with E-state index in [0.29, 0.717) is 6.54 Å². The van der Waals surface area contributed by atoms with Gasteiger partial charge >= 0.3 is 0 Å². The number of aryl methyl sites for hydroxylation is 2. The number of rotatable bonds is 4. The molecule has 1 rings (SSSR count). The maximum Gasteiger partial charge on any atom is 0.142 e. The topological polar surface area (TPSA) is 38.5 Å². The van der Waals surface area contributed by atoms with Gasteiger partial charge in [-0.2, -0.15) is 0 Å². The molecule has 1 aromatic rings. The molecule has 0 unspecified atom stereocenters. The number of nitrogens with two attached hydrogens (primary N) is 1. The second-order valence-electron chi connectivity index (χ2n) is 3.82. The molecule has 0 amide bonds. The first-order chi connectivity index (χ1) is 7.10. The monoisotopic (exact) mass is 208 g/mol. The zero-order valence-corrected chi connectivity index (χ0v) is 10.0. The molecule has 0 saturated carbocycles. The summed E-state index contributed by atoms with van der Waals surface area (Å²) in [6.45, 7) is 5.67. The quantitative estimate of drug-likeness (QED) is 0.818. The van der Waals surface area contributed by atoms with Crippen molar-refractivity contribution in [3.8, 4) is 5.75 Å². The molecule has 0 heterocycles. The minimum Gasteiger partial charge on any atom is -0.495 e. The Morgan fingerprint density at radius 3 is 2.40 bits per heavy atom. The average Bonchev–Trinajstić information content (AvgIpc) is 2.21. The predicted octanol–water partition coefficient (Wildman–Crippen LogP) is 1.71. The molecular weight excluding hydrogens is 188 g/mol. The molecule has 15 heavy (non-hydrogen) atoms. The minimum absolute atomic E-state index is 0.645. The highest BCUT2D eigenvalue weighted by Gasteiger charge is 2.09. The second-order valence-corrected chi connectivity index (χ2v) is 3.82. The van der Waals surface area contributed by atoms with Crippen LogP contribution in [-0.2, 0) is 0 Å². The lowest BCUT2D eigenvalue weighted by Gasteiger charge is -2.22. The van der Waals surface area contributed by atoms with E-state index in [1.54, 1.807) is 7.11 Å². The van der Waals surface area contributed by atoms with Crippen LogP contribution >= 0.6 is 0 Å². The number of anilines is 1. The Kier molecular flexibility index (Phi) is 3.97. The Bertz CT molecular complexity index is 337. The van der Waals surface area contributed by atoms with Crippen molar-refractivity contribution in [2.24, 2.45) is 5.73 Å². The smallest absolute Gasteiger partial charge is 0.142 e. The van der Waals surface area contributed by atoms with Gasteiger partial charge in [-0.15, -0.1) is 0 Å². The first-order valence-corrected chi connectivity index (χ1v) is 5.16. The Hall–Kier alpha value is -1.22. The summed E-state index contributed by atoms with van der Waals surface area (Å²) in [5.41, 5.74) is 9.17. The van der Waals surface area contributed by atoms with Gasteiger partial charge in [0.2, 0.25) is 0 Å². The highest BCUT2D eigenvalue weighted by molar-refractivity contribution is 5.61. The van der Waals surface area contributed by atoms with Gasteiger partial charge in [-0.3, -0.25) is 0 Å². The van der Waals surface area contributed by atoms with Crippen molar-refractivity contribution in [1.82, 2.24) is 0 Å². The van der Waals surface area contributed by atoms with Crippen molar-refractivity contribution in [2.75, 3.05) is 32.1 Å². The standard InChI is InChI=1S/C12H20N2O/c1-9-7-11(14(3)6-5-13)12(15-4)8-10(9)2/h7-8H,5-6,13H2,1-4H3. The van der Waals surface area contributed by atoms with Crippen LogP contribution < -0.4 is 15.4 Å². The van der Waals surface area contributed by atoms with Gasteiger partial charge < -0.3 is 15.4 Å². The average molecular weight is 208 g/mol. The number of ether oxygens (including phenoxy) is 1. The van der Waals surface area contributed by atoms with Crippen LogP contribution in [0.25, 0.3) is 0 Å². The first kappa shape index (κ1) is 11.9. The molecule has 3 nitrogen and oxygen atoms in total. The molecule has 2 N–H and O–H groups in total. The molecule has 0 spiro atoms. The van der Waals surface area contributed by atoms with Crippen LogP contribution in [0.5, 0.6) is 5.75 Å². The highest BCUT2D eigenvalue weighted by atomic mass is 16.5. The minimum atomic E-state index is 0.645. The van der Waals surface area contributed by atoms with Gasteiger partial charge in [-0.1, -0.05) is 0 Å². The fourth-order valence-corrected chi connectivity index (χ4v) is 1.55. The van der Waals surface area contributed by atoms with E-state index < -0.39 is 0 Å². The molecular formula is C12H20N2O.